The van der Waals surface area contributed by atoms with Crippen LogP contribution in [0.15, 0.2) is 12.3 Å². The first-order chi connectivity index (χ1) is 8.79. The van der Waals surface area contributed by atoms with Gasteiger partial charge >= 0.3 is 0 Å². The molecule has 2 heterocycles. The Labute approximate surface area is 106 Å². The van der Waals surface area contributed by atoms with Gasteiger partial charge in [0, 0.05) is 31.2 Å². The molecule has 1 atom stereocenters. The Bertz CT molecular complexity index is 458. The van der Waals surface area contributed by atoms with Crippen molar-refractivity contribution in [2.75, 3.05) is 13.1 Å². The summed E-state index contributed by atoms with van der Waals surface area (Å²) in [5.74, 6) is 1.30. The summed E-state index contributed by atoms with van der Waals surface area (Å²) in [5.41, 5.74) is 6.22. The van der Waals surface area contributed by atoms with Gasteiger partial charge in [-0.05, 0) is 31.7 Å². The lowest BCUT2D eigenvalue weighted by Crippen LogP contribution is -2.40. The Morgan fingerprint density at radius 3 is 3.00 bits per heavy atom. The highest BCUT2D eigenvalue weighted by Crippen LogP contribution is 2.37. The maximum Gasteiger partial charge on any atom is 0.272 e. The minimum Gasteiger partial charge on any atom is -0.333 e. The third-order valence-corrected chi connectivity index (χ3v) is 3.75. The fourth-order valence-corrected chi connectivity index (χ4v) is 2.53. The summed E-state index contributed by atoms with van der Waals surface area (Å²) in [6.07, 6.45) is 6.03. The molecule has 0 radical (unpaired) electrons. The summed E-state index contributed by atoms with van der Waals surface area (Å²) in [5, 5.41) is 0. The first-order valence-electron chi connectivity index (χ1n) is 6.63. The third kappa shape index (κ3) is 2.10. The maximum atomic E-state index is 12.4. The Morgan fingerprint density at radius 2 is 2.28 bits per heavy atom. The smallest absolute Gasteiger partial charge is 0.272 e. The number of rotatable bonds is 3. The molecule has 0 bridgehead atoms. The van der Waals surface area contributed by atoms with Crippen LogP contribution >= 0.6 is 0 Å². The van der Waals surface area contributed by atoms with E-state index in [2.05, 4.69) is 9.97 Å². The van der Waals surface area contributed by atoms with Crippen molar-refractivity contribution in [3.05, 3.63) is 23.8 Å². The molecule has 1 aromatic rings. The van der Waals surface area contributed by atoms with E-state index in [1.807, 2.05) is 4.90 Å². The van der Waals surface area contributed by atoms with E-state index in [1.165, 1.54) is 0 Å². The van der Waals surface area contributed by atoms with Gasteiger partial charge in [-0.25, -0.2) is 9.97 Å². The normalized spacial score (nSPS) is 23.4. The van der Waals surface area contributed by atoms with Crippen molar-refractivity contribution in [3.63, 3.8) is 0 Å². The van der Waals surface area contributed by atoms with Gasteiger partial charge in [-0.3, -0.25) is 4.79 Å². The van der Waals surface area contributed by atoms with Crippen LogP contribution in [0.25, 0.3) is 0 Å². The number of amides is 1. The van der Waals surface area contributed by atoms with E-state index < -0.39 is 0 Å². The SMILES string of the molecule is NC[C@H]1CCCN1C(=O)c1ccnc(C2CC2)n1. The van der Waals surface area contributed by atoms with Gasteiger partial charge in [0.2, 0.25) is 0 Å². The molecule has 2 aliphatic rings. The van der Waals surface area contributed by atoms with Gasteiger partial charge in [0.15, 0.2) is 0 Å². The van der Waals surface area contributed by atoms with E-state index in [-0.39, 0.29) is 11.9 Å². The molecule has 2 N–H and O–H groups in total. The van der Waals surface area contributed by atoms with E-state index in [9.17, 15) is 4.79 Å². The fraction of sp³-hybridized carbons (Fsp3) is 0.615. The summed E-state index contributed by atoms with van der Waals surface area (Å²) in [6, 6.07) is 1.89. The number of hydrogen-bond donors (Lipinski definition) is 1. The average Bonchev–Trinajstić information content (AvgIpc) is 3.16. The van der Waals surface area contributed by atoms with Crippen molar-refractivity contribution in [1.29, 1.82) is 0 Å². The highest BCUT2D eigenvalue weighted by molar-refractivity contribution is 5.92. The van der Waals surface area contributed by atoms with Gasteiger partial charge < -0.3 is 10.6 Å². The molecule has 18 heavy (non-hydrogen) atoms. The molecule has 1 saturated heterocycles. The van der Waals surface area contributed by atoms with Crippen LogP contribution in [-0.2, 0) is 0 Å². The molecule has 3 rings (SSSR count). The molecule has 1 aromatic heterocycles. The number of aromatic nitrogens is 2. The minimum absolute atomic E-state index is 0.00671. The van der Waals surface area contributed by atoms with Crippen LogP contribution in [-0.4, -0.2) is 39.9 Å². The van der Waals surface area contributed by atoms with Crippen LogP contribution in [0.4, 0.5) is 0 Å². The van der Waals surface area contributed by atoms with Crippen LogP contribution in [0.3, 0.4) is 0 Å². The Morgan fingerprint density at radius 1 is 1.44 bits per heavy atom. The molecule has 96 valence electrons. The van der Waals surface area contributed by atoms with Crippen LogP contribution in [0.2, 0.25) is 0 Å². The largest absolute Gasteiger partial charge is 0.333 e. The number of nitrogens with two attached hydrogens (primary N) is 1. The standard InChI is InChI=1S/C13H18N4O/c14-8-10-2-1-7-17(10)13(18)11-5-6-15-12(16-11)9-3-4-9/h5-6,9-10H,1-4,7-8,14H2/t10-/m1/s1. The quantitative estimate of drug-likeness (QED) is 0.860. The van der Waals surface area contributed by atoms with E-state index in [0.717, 1.165) is 38.1 Å². The highest BCUT2D eigenvalue weighted by Gasteiger charge is 2.31. The first-order valence-corrected chi connectivity index (χ1v) is 6.63. The zero-order chi connectivity index (χ0) is 12.5. The Hall–Kier alpha value is -1.49. The van der Waals surface area contributed by atoms with E-state index in [1.54, 1.807) is 12.3 Å². The Kier molecular flexibility index (Phi) is 2.99. The lowest BCUT2D eigenvalue weighted by Gasteiger charge is -2.23. The van der Waals surface area contributed by atoms with Gasteiger partial charge in [0.1, 0.15) is 11.5 Å². The molecule has 0 unspecified atom stereocenters. The second-order valence-electron chi connectivity index (χ2n) is 5.10. The third-order valence-electron chi connectivity index (χ3n) is 3.75. The lowest BCUT2D eigenvalue weighted by molar-refractivity contribution is 0.0734. The second kappa shape index (κ2) is 4.65. The minimum atomic E-state index is 0.00671. The van der Waals surface area contributed by atoms with Crippen molar-refractivity contribution in [2.45, 2.75) is 37.6 Å². The van der Waals surface area contributed by atoms with Gasteiger partial charge in [0.05, 0.1) is 0 Å². The molecule has 1 aliphatic carbocycles. The van der Waals surface area contributed by atoms with Gasteiger partial charge in [-0.1, -0.05) is 0 Å². The molecule has 1 saturated carbocycles. The zero-order valence-electron chi connectivity index (χ0n) is 10.4. The predicted octanol–water partition coefficient (Wildman–Crippen LogP) is 0.917. The van der Waals surface area contributed by atoms with Crippen molar-refractivity contribution in [3.8, 4) is 0 Å². The van der Waals surface area contributed by atoms with Crippen molar-refractivity contribution in [2.24, 2.45) is 5.73 Å². The summed E-state index contributed by atoms with van der Waals surface area (Å²) in [7, 11) is 0. The van der Waals surface area contributed by atoms with Crippen molar-refractivity contribution in [1.82, 2.24) is 14.9 Å². The monoisotopic (exact) mass is 246 g/mol. The van der Waals surface area contributed by atoms with Crippen molar-refractivity contribution >= 4 is 5.91 Å². The fourth-order valence-electron chi connectivity index (χ4n) is 2.53. The van der Waals surface area contributed by atoms with E-state index in [0.29, 0.717) is 18.2 Å². The number of carbonyl (C=O) groups is 1. The summed E-state index contributed by atoms with van der Waals surface area (Å²) >= 11 is 0. The molecule has 2 fully saturated rings. The summed E-state index contributed by atoms with van der Waals surface area (Å²) in [6.45, 7) is 1.33. The van der Waals surface area contributed by atoms with E-state index in [4.69, 9.17) is 5.73 Å². The lowest BCUT2D eigenvalue weighted by atomic mass is 10.2. The molecular weight excluding hydrogens is 228 g/mol. The molecule has 1 aliphatic heterocycles. The summed E-state index contributed by atoms with van der Waals surface area (Å²) in [4.78, 5) is 22.9. The number of likely N-dealkylation sites (tertiary alicyclic amines) is 1. The first kappa shape index (κ1) is 11.6. The zero-order valence-corrected chi connectivity index (χ0v) is 10.4. The molecule has 0 aromatic carbocycles. The number of carbonyl (C=O) groups excluding carboxylic acids is 1. The molecule has 5 nitrogen and oxygen atoms in total. The summed E-state index contributed by atoms with van der Waals surface area (Å²) < 4.78 is 0. The molecule has 0 spiro atoms. The van der Waals surface area contributed by atoms with Gasteiger partial charge in [-0.2, -0.15) is 0 Å². The average molecular weight is 246 g/mol. The van der Waals surface area contributed by atoms with Crippen LogP contribution < -0.4 is 5.73 Å². The Balaban J connectivity index is 1.80. The van der Waals surface area contributed by atoms with Gasteiger partial charge in [-0.15, -0.1) is 0 Å². The maximum absolute atomic E-state index is 12.4. The topological polar surface area (TPSA) is 72.1 Å². The number of hydrogen-bond acceptors (Lipinski definition) is 4. The molecule has 1 amide bonds. The second-order valence-corrected chi connectivity index (χ2v) is 5.10. The van der Waals surface area contributed by atoms with Crippen LogP contribution in [0.1, 0.15) is 47.9 Å². The van der Waals surface area contributed by atoms with Crippen molar-refractivity contribution < 1.29 is 4.79 Å². The molecular formula is C13H18N4O. The van der Waals surface area contributed by atoms with Crippen LogP contribution in [0.5, 0.6) is 0 Å². The number of nitrogens with zero attached hydrogens (tertiary/aromatic N) is 3. The van der Waals surface area contributed by atoms with E-state index >= 15 is 0 Å². The molecule has 5 heteroatoms. The van der Waals surface area contributed by atoms with Gasteiger partial charge in [0.25, 0.3) is 5.91 Å². The highest BCUT2D eigenvalue weighted by atomic mass is 16.2. The predicted molar refractivity (Wildman–Crippen MR) is 67.1 cm³/mol. The van der Waals surface area contributed by atoms with Crippen LogP contribution in [0, 0.1) is 0 Å².